The van der Waals surface area contributed by atoms with Crippen LogP contribution in [0, 0.1) is 11.3 Å². The van der Waals surface area contributed by atoms with Crippen LogP contribution in [0.25, 0.3) is 22.4 Å². The Bertz CT molecular complexity index is 1010. The Kier molecular flexibility index (Phi) is 4.97. The number of aromatic nitrogens is 1. The Labute approximate surface area is 156 Å². The number of benzene rings is 2. The van der Waals surface area contributed by atoms with Gasteiger partial charge in [0.05, 0.1) is 19.9 Å². The first-order chi connectivity index (χ1) is 12.6. The van der Waals surface area contributed by atoms with Crippen LogP contribution in [0.3, 0.4) is 0 Å². The standard InChI is InChI=1S/C20H16ClN3O2/c1-25-12-7-8-19(26-2)15(9-12)14-10-18(24-20(23)16(14)11-22)13-5-3-4-6-17(13)21/h3-10H,1-2H3,(H2,23,24). The third-order valence-corrected chi connectivity index (χ3v) is 4.34. The van der Waals surface area contributed by atoms with E-state index < -0.39 is 0 Å². The number of methoxy groups -OCH3 is 2. The SMILES string of the molecule is COc1ccc(OC)c(-c2cc(-c3ccccc3Cl)nc(N)c2C#N)c1. The van der Waals surface area contributed by atoms with E-state index >= 15 is 0 Å². The third kappa shape index (κ3) is 3.15. The lowest BCUT2D eigenvalue weighted by atomic mass is 9.97. The van der Waals surface area contributed by atoms with Gasteiger partial charge in [0.25, 0.3) is 0 Å². The van der Waals surface area contributed by atoms with Crippen LogP contribution >= 0.6 is 11.6 Å². The van der Waals surface area contributed by atoms with E-state index in [1.807, 2.05) is 18.2 Å². The fourth-order valence-corrected chi connectivity index (χ4v) is 2.96. The molecule has 6 heteroatoms. The molecule has 0 amide bonds. The third-order valence-electron chi connectivity index (χ3n) is 4.01. The molecule has 0 spiro atoms. The minimum absolute atomic E-state index is 0.129. The van der Waals surface area contributed by atoms with Crippen molar-refractivity contribution < 1.29 is 9.47 Å². The highest BCUT2D eigenvalue weighted by atomic mass is 35.5. The molecular formula is C20H16ClN3O2. The molecule has 2 aromatic carbocycles. The molecule has 3 rings (SSSR count). The second-order valence-corrected chi connectivity index (χ2v) is 5.88. The number of nitrogen functional groups attached to an aromatic ring is 1. The van der Waals surface area contributed by atoms with E-state index in [4.69, 9.17) is 26.8 Å². The molecule has 2 N–H and O–H groups in total. The molecule has 1 aromatic heterocycles. The van der Waals surface area contributed by atoms with Crippen LogP contribution in [0.4, 0.5) is 5.82 Å². The Balaban J connectivity index is 2.31. The van der Waals surface area contributed by atoms with E-state index in [0.717, 1.165) is 5.56 Å². The minimum Gasteiger partial charge on any atom is -0.497 e. The summed E-state index contributed by atoms with van der Waals surface area (Å²) in [7, 11) is 3.14. The first kappa shape index (κ1) is 17.6. The Morgan fingerprint density at radius 2 is 1.77 bits per heavy atom. The fraction of sp³-hybridized carbons (Fsp3) is 0.100. The van der Waals surface area contributed by atoms with E-state index in [9.17, 15) is 5.26 Å². The minimum atomic E-state index is 0.129. The molecule has 5 nitrogen and oxygen atoms in total. The van der Waals surface area contributed by atoms with Gasteiger partial charge in [0, 0.05) is 21.7 Å². The molecule has 0 atom stereocenters. The molecule has 0 saturated heterocycles. The van der Waals surface area contributed by atoms with Crippen LogP contribution in [0.15, 0.2) is 48.5 Å². The molecule has 3 aromatic rings. The van der Waals surface area contributed by atoms with Crippen molar-refractivity contribution in [1.29, 1.82) is 5.26 Å². The van der Waals surface area contributed by atoms with E-state index in [-0.39, 0.29) is 11.4 Å². The average Bonchev–Trinajstić information content (AvgIpc) is 2.67. The first-order valence-corrected chi connectivity index (χ1v) is 8.14. The summed E-state index contributed by atoms with van der Waals surface area (Å²) in [5, 5.41) is 10.1. The quantitative estimate of drug-likeness (QED) is 0.734. The highest BCUT2D eigenvalue weighted by Gasteiger charge is 2.18. The van der Waals surface area contributed by atoms with Crippen LogP contribution in [0.1, 0.15) is 5.56 Å². The van der Waals surface area contributed by atoms with Crippen molar-refractivity contribution in [1.82, 2.24) is 4.98 Å². The predicted molar refractivity (Wildman–Crippen MR) is 102 cm³/mol. The Morgan fingerprint density at radius 1 is 1.00 bits per heavy atom. The highest BCUT2D eigenvalue weighted by Crippen LogP contribution is 2.39. The second-order valence-electron chi connectivity index (χ2n) is 5.47. The molecule has 0 fully saturated rings. The molecular weight excluding hydrogens is 350 g/mol. The Morgan fingerprint density at radius 3 is 2.42 bits per heavy atom. The zero-order valence-corrected chi connectivity index (χ0v) is 15.0. The van der Waals surface area contributed by atoms with Crippen molar-refractivity contribution >= 4 is 17.4 Å². The molecule has 26 heavy (non-hydrogen) atoms. The average molecular weight is 366 g/mol. The second kappa shape index (κ2) is 7.34. The van der Waals surface area contributed by atoms with E-state index in [2.05, 4.69) is 11.1 Å². The van der Waals surface area contributed by atoms with Gasteiger partial charge < -0.3 is 15.2 Å². The van der Waals surface area contributed by atoms with E-state index in [0.29, 0.717) is 33.3 Å². The van der Waals surface area contributed by atoms with Crippen molar-refractivity contribution in [2.45, 2.75) is 0 Å². The monoisotopic (exact) mass is 365 g/mol. The number of pyridine rings is 1. The molecule has 130 valence electrons. The number of nitrogens with zero attached hydrogens (tertiary/aromatic N) is 2. The summed E-state index contributed by atoms with van der Waals surface area (Å²) < 4.78 is 10.8. The number of hydrogen-bond donors (Lipinski definition) is 1. The summed E-state index contributed by atoms with van der Waals surface area (Å²) in [5.41, 5.74) is 8.94. The van der Waals surface area contributed by atoms with Gasteiger partial charge in [-0.1, -0.05) is 29.8 Å². The number of rotatable bonds is 4. The Hall–Kier alpha value is -3.23. The number of hydrogen-bond acceptors (Lipinski definition) is 5. The molecule has 0 radical (unpaired) electrons. The van der Waals surface area contributed by atoms with Crippen molar-refractivity contribution in [2.24, 2.45) is 0 Å². The van der Waals surface area contributed by atoms with Gasteiger partial charge in [0.1, 0.15) is 28.9 Å². The zero-order chi connectivity index (χ0) is 18.7. The van der Waals surface area contributed by atoms with Crippen LogP contribution < -0.4 is 15.2 Å². The molecule has 1 heterocycles. The van der Waals surface area contributed by atoms with Gasteiger partial charge in [-0.2, -0.15) is 5.26 Å². The lowest BCUT2D eigenvalue weighted by Crippen LogP contribution is -2.01. The molecule has 0 aliphatic heterocycles. The molecule has 0 unspecified atom stereocenters. The lowest BCUT2D eigenvalue weighted by Gasteiger charge is -2.14. The van der Waals surface area contributed by atoms with Crippen LogP contribution in [0.5, 0.6) is 11.5 Å². The van der Waals surface area contributed by atoms with Crippen molar-refractivity contribution in [2.75, 3.05) is 20.0 Å². The van der Waals surface area contributed by atoms with Gasteiger partial charge >= 0.3 is 0 Å². The van der Waals surface area contributed by atoms with E-state index in [1.165, 1.54) is 0 Å². The zero-order valence-electron chi connectivity index (χ0n) is 14.3. The maximum Gasteiger partial charge on any atom is 0.142 e. The van der Waals surface area contributed by atoms with Gasteiger partial charge in [0.15, 0.2) is 0 Å². The number of ether oxygens (including phenoxy) is 2. The number of nitriles is 1. The van der Waals surface area contributed by atoms with Crippen LogP contribution in [0.2, 0.25) is 5.02 Å². The van der Waals surface area contributed by atoms with Gasteiger partial charge in [0.2, 0.25) is 0 Å². The van der Waals surface area contributed by atoms with Gasteiger partial charge in [-0.15, -0.1) is 0 Å². The summed E-state index contributed by atoms with van der Waals surface area (Å²) in [6, 6.07) is 16.6. The van der Waals surface area contributed by atoms with Gasteiger partial charge in [-0.25, -0.2) is 4.98 Å². The first-order valence-electron chi connectivity index (χ1n) is 7.77. The highest BCUT2D eigenvalue weighted by molar-refractivity contribution is 6.33. The van der Waals surface area contributed by atoms with E-state index in [1.54, 1.807) is 44.6 Å². The van der Waals surface area contributed by atoms with Crippen molar-refractivity contribution in [3.63, 3.8) is 0 Å². The normalized spacial score (nSPS) is 10.2. The topological polar surface area (TPSA) is 81.2 Å². The van der Waals surface area contributed by atoms with Gasteiger partial charge in [-0.3, -0.25) is 0 Å². The summed E-state index contributed by atoms with van der Waals surface area (Å²) in [5.74, 6) is 1.36. The molecule has 0 aliphatic rings. The van der Waals surface area contributed by atoms with Crippen molar-refractivity contribution in [3.05, 3.63) is 59.1 Å². The maximum atomic E-state index is 9.60. The summed E-state index contributed by atoms with van der Waals surface area (Å²) >= 11 is 6.30. The molecule has 0 aliphatic carbocycles. The smallest absolute Gasteiger partial charge is 0.142 e. The fourth-order valence-electron chi connectivity index (χ4n) is 2.73. The van der Waals surface area contributed by atoms with Gasteiger partial charge in [-0.05, 0) is 30.3 Å². The van der Waals surface area contributed by atoms with Crippen LogP contribution in [-0.4, -0.2) is 19.2 Å². The summed E-state index contributed by atoms with van der Waals surface area (Å²) in [6.07, 6.45) is 0. The summed E-state index contributed by atoms with van der Waals surface area (Å²) in [6.45, 7) is 0. The summed E-state index contributed by atoms with van der Waals surface area (Å²) in [4.78, 5) is 4.36. The van der Waals surface area contributed by atoms with Crippen LogP contribution in [-0.2, 0) is 0 Å². The maximum absolute atomic E-state index is 9.60. The predicted octanol–water partition coefficient (Wildman–Crippen LogP) is 4.54. The largest absolute Gasteiger partial charge is 0.497 e. The lowest BCUT2D eigenvalue weighted by molar-refractivity contribution is 0.404. The molecule has 0 bridgehead atoms. The molecule has 0 saturated carbocycles. The number of nitrogens with two attached hydrogens (primary N) is 1. The number of halogens is 1. The van der Waals surface area contributed by atoms with Crippen molar-refractivity contribution in [3.8, 4) is 40.0 Å². The number of anilines is 1.